The highest BCUT2D eigenvalue weighted by molar-refractivity contribution is 7.92. The van der Waals surface area contributed by atoms with E-state index in [1.54, 1.807) is 11.4 Å². The lowest BCUT2D eigenvalue weighted by atomic mass is 10.2. The average Bonchev–Trinajstić information content (AvgIpc) is 3.32. The van der Waals surface area contributed by atoms with Crippen molar-refractivity contribution in [3.05, 3.63) is 45.7 Å². The predicted molar refractivity (Wildman–Crippen MR) is 93.4 cm³/mol. The third-order valence-corrected chi connectivity index (χ3v) is 7.68. The Labute approximate surface area is 151 Å². The Kier molecular flexibility index (Phi) is 4.19. The average molecular weight is 399 g/mol. The summed E-state index contributed by atoms with van der Waals surface area (Å²) in [4.78, 5) is 12.4. The molecule has 0 saturated heterocycles. The number of thiophene rings is 1. The second kappa shape index (κ2) is 6.27. The van der Waals surface area contributed by atoms with Crippen molar-refractivity contribution in [2.24, 2.45) is 0 Å². The lowest BCUT2D eigenvalue weighted by molar-refractivity contribution is 0.153. The molecule has 4 rings (SSSR count). The van der Waals surface area contributed by atoms with Crippen molar-refractivity contribution < 1.29 is 17.2 Å². The van der Waals surface area contributed by atoms with E-state index >= 15 is 0 Å². The highest BCUT2D eigenvalue weighted by Crippen LogP contribution is 2.33. The standard InChI is InChI=1S/C16H15F2N3O3S2/c17-15(18)11-8-13(22)21(26(23,24)14-6-3-7-25-14)16-12(11)9-20(19-16)10-4-1-2-5-10/h3,6-10,15H,1-2,4-5H2. The molecule has 1 aliphatic rings. The Hall–Kier alpha value is -2.07. The van der Waals surface area contributed by atoms with Crippen LogP contribution in [-0.4, -0.2) is 22.2 Å². The van der Waals surface area contributed by atoms with Crippen LogP contribution < -0.4 is 5.56 Å². The number of alkyl halides is 2. The third-order valence-electron chi connectivity index (χ3n) is 4.62. The minimum atomic E-state index is -4.20. The topological polar surface area (TPSA) is 74.0 Å². The first-order chi connectivity index (χ1) is 12.4. The first-order valence-electron chi connectivity index (χ1n) is 8.11. The second-order valence-electron chi connectivity index (χ2n) is 6.22. The maximum Gasteiger partial charge on any atom is 0.281 e. The van der Waals surface area contributed by atoms with Gasteiger partial charge in [0.2, 0.25) is 0 Å². The number of aromatic nitrogens is 3. The molecule has 3 aromatic rings. The summed E-state index contributed by atoms with van der Waals surface area (Å²) in [7, 11) is -4.20. The van der Waals surface area contributed by atoms with Gasteiger partial charge in [0.05, 0.1) is 6.04 Å². The van der Waals surface area contributed by atoms with Gasteiger partial charge in [-0.25, -0.2) is 8.78 Å². The molecule has 0 atom stereocenters. The zero-order valence-electron chi connectivity index (χ0n) is 13.5. The van der Waals surface area contributed by atoms with Gasteiger partial charge in [-0.1, -0.05) is 18.9 Å². The summed E-state index contributed by atoms with van der Waals surface area (Å²) in [6.45, 7) is 0. The Morgan fingerprint density at radius 2 is 2.00 bits per heavy atom. The van der Waals surface area contributed by atoms with Crippen LogP contribution in [0, 0.1) is 0 Å². The summed E-state index contributed by atoms with van der Waals surface area (Å²) in [5.41, 5.74) is -1.77. The fourth-order valence-electron chi connectivity index (χ4n) is 3.38. The van der Waals surface area contributed by atoms with Gasteiger partial charge >= 0.3 is 0 Å². The lowest BCUT2D eigenvalue weighted by Gasteiger charge is -2.09. The van der Waals surface area contributed by atoms with E-state index in [9.17, 15) is 22.0 Å². The third kappa shape index (κ3) is 2.67. The molecule has 138 valence electrons. The normalized spacial score (nSPS) is 16.1. The molecule has 0 aliphatic heterocycles. The maximum atomic E-state index is 13.4. The minimum Gasteiger partial charge on any atom is -0.268 e. The molecule has 1 aliphatic carbocycles. The summed E-state index contributed by atoms with van der Waals surface area (Å²) < 4.78 is 54.6. The van der Waals surface area contributed by atoms with Crippen LogP contribution in [0.4, 0.5) is 8.78 Å². The fraction of sp³-hybridized carbons (Fsp3) is 0.375. The van der Waals surface area contributed by atoms with E-state index in [1.807, 2.05) is 0 Å². The molecule has 0 bridgehead atoms. The number of fused-ring (bicyclic) bond motifs is 1. The van der Waals surface area contributed by atoms with Crippen molar-refractivity contribution in [3.8, 4) is 0 Å². The Balaban J connectivity index is 2.03. The van der Waals surface area contributed by atoms with E-state index in [4.69, 9.17) is 0 Å². The van der Waals surface area contributed by atoms with Gasteiger partial charge in [-0.2, -0.15) is 17.5 Å². The molecule has 3 aromatic heterocycles. The van der Waals surface area contributed by atoms with Gasteiger partial charge in [-0.15, -0.1) is 11.3 Å². The van der Waals surface area contributed by atoms with Gasteiger partial charge in [0, 0.05) is 23.2 Å². The number of hydrogen-bond acceptors (Lipinski definition) is 5. The Morgan fingerprint density at radius 1 is 1.27 bits per heavy atom. The largest absolute Gasteiger partial charge is 0.281 e. The van der Waals surface area contributed by atoms with Gasteiger partial charge in [0.15, 0.2) is 5.65 Å². The molecule has 6 nitrogen and oxygen atoms in total. The van der Waals surface area contributed by atoms with Crippen LogP contribution in [0.5, 0.6) is 0 Å². The highest BCUT2D eigenvalue weighted by Gasteiger charge is 2.28. The van der Waals surface area contributed by atoms with Crippen molar-refractivity contribution in [3.63, 3.8) is 0 Å². The number of pyridine rings is 1. The first-order valence-corrected chi connectivity index (χ1v) is 10.4. The van der Waals surface area contributed by atoms with Gasteiger partial charge < -0.3 is 0 Å². The zero-order valence-corrected chi connectivity index (χ0v) is 15.1. The molecule has 0 spiro atoms. The quantitative estimate of drug-likeness (QED) is 0.673. The van der Waals surface area contributed by atoms with E-state index < -0.39 is 27.6 Å². The zero-order chi connectivity index (χ0) is 18.5. The fourth-order valence-corrected chi connectivity index (χ4v) is 5.79. The number of nitrogens with zero attached hydrogens (tertiary/aromatic N) is 3. The van der Waals surface area contributed by atoms with Gasteiger partial charge in [0.25, 0.3) is 22.0 Å². The van der Waals surface area contributed by atoms with Crippen LogP contribution in [0.15, 0.2) is 38.8 Å². The Morgan fingerprint density at radius 3 is 2.62 bits per heavy atom. The van der Waals surface area contributed by atoms with Crippen molar-refractivity contribution in [2.45, 2.75) is 42.4 Å². The van der Waals surface area contributed by atoms with Crippen molar-refractivity contribution in [1.82, 2.24) is 13.8 Å². The van der Waals surface area contributed by atoms with E-state index in [2.05, 4.69) is 5.10 Å². The van der Waals surface area contributed by atoms with Crippen LogP contribution in [0.25, 0.3) is 11.0 Å². The van der Waals surface area contributed by atoms with Crippen molar-refractivity contribution in [1.29, 1.82) is 0 Å². The monoisotopic (exact) mass is 399 g/mol. The molecular formula is C16H15F2N3O3S2. The van der Waals surface area contributed by atoms with Crippen LogP contribution in [0.1, 0.15) is 43.7 Å². The molecule has 3 heterocycles. The van der Waals surface area contributed by atoms with E-state index in [-0.39, 0.29) is 21.3 Å². The molecular weight excluding hydrogens is 384 g/mol. The Bertz CT molecular complexity index is 1110. The van der Waals surface area contributed by atoms with Gasteiger partial charge in [-0.3, -0.25) is 9.48 Å². The molecule has 0 amide bonds. The van der Waals surface area contributed by atoms with Crippen LogP contribution in [0.2, 0.25) is 0 Å². The smallest absolute Gasteiger partial charge is 0.268 e. The van der Waals surface area contributed by atoms with E-state index in [0.29, 0.717) is 10.0 Å². The minimum absolute atomic E-state index is 0.00775. The number of halogens is 2. The second-order valence-corrected chi connectivity index (χ2v) is 9.19. The summed E-state index contributed by atoms with van der Waals surface area (Å²) >= 11 is 0.954. The van der Waals surface area contributed by atoms with Crippen LogP contribution in [0.3, 0.4) is 0 Å². The summed E-state index contributed by atoms with van der Waals surface area (Å²) in [5.74, 6) is 0. The lowest BCUT2D eigenvalue weighted by Crippen LogP contribution is -2.27. The summed E-state index contributed by atoms with van der Waals surface area (Å²) in [6.07, 6.45) is 2.24. The molecule has 1 fully saturated rings. The van der Waals surface area contributed by atoms with Crippen LogP contribution in [-0.2, 0) is 10.0 Å². The van der Waals surface area contributed by atoms with Crippen molar-refractivity contribution in [2.75, 3.05) is 0 Å². The van der Waals surface area contributed by atoms with Gasteiger partial charge in [-0.05, 0) is 24.3 Å². The molecule has 0 unspecified atom stereocenters. The maximum absolute atomic E-state index is 13.4. The number of hydrogen-bond donors (Lipinski definition) is 0. The van der Waals surface area contributed by atoms with Crippen LogP contribution >= 0.6 is 11.3 Å². The first kappa shape index (κ1) is 17.3. The highest BCUT2D eigenvalue weighted by atomic mass is 32.2. The molecule has 1 saturated carbocycles. The summed E-state index contributed by atoms with van der Waals surface area (Å²) in [5, 5.41) is 5.81. The molecule has 0 aromatic carbocycles. The van der Waals surface area contributed by atoms with Crippen molar-refractivity contribution >= 4 is 32.4 Å². The molecule has 0 N–H and O–H groups in total. The molecule has 10 heteroatoms. The van der Waals surface area contributed by atoms with E-state index in [0.717, 1.165) is 37.0 Å². The summed E-state index contributed by atoms with van der Waals surface area (Å²) in [6, 6.07) is 3.64. The SMILES string of the molecule is O=c1cc(C(F)F)c2cn(C3CCCC3)nc2n1S(=O)(=O)c1cccs1. The van der Waals surface area contributed by atoms with E-state index in [1.165, 1.54) is 16.9 Å². The predicted octanol–water partition coefficient (Wildman–Crippen LogP) is 3.55. The molecule has 26 heavy (non-hydrogen) atoms. The number of rotatable bonds is 4. The molecule has 0 radical (unpaired) electrons. The van der Waals surface area contributed by atoms with Gasteiger partial charge in [0.1, 0.15) is 4.21 Å².